The highest BCUT2D eigenvalue weighted by atomic mass is 14.3. The second kappa shape index (κ2) is 5.67. The van der Waals surface area contributed by atoms with Crippen molar-refractivity contribution >= 4 is 0 Å². The lowest BCUT2D eigenvalue weighted by molar-refractivity contribution is 0.167. The Morgan fingerprint density at radius 1 is 0.923 bits per heavy atom. The van der Waals surface area contributed by atoms with E-state index < -0.39 is 0 Å². The zero-order valence-electron chi connectivity index (χ0n) is 9.68. The molecule has 1 saturated carbocycles. The smallest absolute Gasteiger partial charge is 0.0383 e. The Labute approximate surface area is 84.1 Å². The van der Waals surface area contributed by atoms with Crippen molar-refractivity contribution in [2.45, 2.75) is 65.7 Å². The van der Waals surface area contributed by atoms with Gasteiger partial charge in [0.2, 0.25) is 0 Å². The molecule has 1 aliphatic rings. The van der Waals surface area contributed by atoms with E-state index in [4.69, 9.17) is 0 Å². The summed E-state index contributed by atoms with van der Waals surface area (Å²) in [5.41, 5.74) is 0. The van der Waals surface area contributed by atoms with Crippen LogP contribution in [0.25, 0.3) is 0 Å². The molecule has 0 bridgehead atoms. The van der Waals surface area contributed by atoms with E-state index in [9.17, 15) is 0 Å². The van der Waals surface area contributed by atoms with E-state index in [-0.39, 0.29) is 0 Å². The van der Waals surface area contributed by atoms with E-state index in [0.29, 0.717) is 0 Å². The van der Waals surface area contributed by atoms with Gasteiger partial charge in [-0.2, -0.15) is 0 Å². The lowest BCUT2D eigenvalue weighted by Gasteiger charge is -2.34. The summed E-state index contributed by atoms with van der Waals surface area (Å²) in [5.74, 6) is 3.14. The zero-order chi connectivity index (χ0) is 9.68. The van der Waals surface area contributed by atoms with Crippen molar-refractivity contribution in [2.24, 2.45) is 17.8 Å². The van der Waals surface area contributed by atoms with Gasteiger partial charge in [-0.05, 0) is 30.6 Å². The van der Waals surface area contributed by atoms with E-state index in [2.05, 4.69) is 20.8 Å². The van der Waals surface area contributed by atoms with Crippen molar-refractivity contribution in [3.05, 3.63) is 0 Å². The lowest BCUT2D eigenvalue weighted by atomic mass is 9.71. The first kappa shape index (κ1) is 11.1. The van der Waals surface area contributed by atoms with Gasteiger partial charge < -0.3 is 0 Å². The Kier molecular flexibility index (Phi) is 4.83. The van der Waals surface area contributed by atoms with Crippen LogP contribution >= 0.6 is 0 Å². The van der Waals surface area contributed by atoms with Crippen LogP contribution in [0.1, 0.15) is 65.7 Å². The Bertz CT molecular complexity index is 128. The molecule has 0 amide bonds. The molecule has 0 aromatic heterocycles. The summed E-state index contributed by atoms with van der Waals surface area (Å²) in [6.07, 6.45) is 10.3. The van der Waals surface area contributed by atoms with Crippen LogP contribution in [0.3, 0.4) is 0 Å². The molecule has 1 aliphatic carbocycles. The monoisotopic (exact) mass is 182 g/mol. The molecule has 0 aromatic rings. The highest BCUT2D eigenvalue weighted by Crippen LogP contribution is 2.38. The molecule has 0 aromatic carbocycles. The van der Waals surface area contributed by atoms with Gasteiger partial charge >= 0.3 is 0 Å². The predicted octanol–water partition coefficient (Wildman–Crippen LogP) is 4.64. The molecular weight excluding hydrogens is 156 g/mol. The molecule has 1 rings (SSSR count). The molecule has 0 heteroatoms. The van der Waals surface area contributed by atoms with Crippen molar-refractivity contribution in [1.29, 1.82) is 0 Å². The molecule has 0 N–H and O–H groups in total. The van der Waals surface area contributed by atoms with E-state index in [1.165, 1.54) is 44.9 Å². The maximum absolute atomic E-state index is 2.44. The molecule has 78 valence electrons. The number of hydrogen-bond donors (Lipinski definition) is 0. The largest absolute Gasteiger partial charge is 0.0654 e. The van der Waals surface area contributed by atoms with Crippen LogP contribution < -0.4 is 0 Å². The maximum atomic E-state index is 2.44. The molecule has 1 fully saturated rings. The lowest BCUT2D eigenvalue weighted by Crippen LogP contribution is -2.23. The zero-order valence-corrected chi connectivity index (χ0v) is 9.68. The van der Waals surface area contributed by atoms with Crippen LogP contribution in [0.5, 0.6) is 0 Å². The summed E-state index contributed by atoms with van der Waals surface area (Å²) in [6.45, 7) is 7.11. The molecule has 0 heterocycles. The predicted molar refractivity (Wildman–Crippen MR) is 59.8 cm³/mol. The van der Waals surface area contributed by atoms with Gasteiger partial charge in [-0.3, -0.25) is 0 Å². The molecule has 3 unspecified atom stereocenters. The summed E-state index contributed by atoms with van der Waals surface area (Å²) in [4.78, 5) is 0. The second-order valence-electron chi connectivity index (χ2n) is 5.02. The van der Waals surface area contributed by atoms with Crippen LogP contribution in [0.2, 0.25) is 0 Å². The molecule has 0 spiro atoms. The van der Waals surface area contributed by atoms with Gasteiger partial charge in [-0.15, -0.1) is 0 Å². The molecular formula is C13H26. The fourth-order valence-corrected chi connectivity index (χ4v) is 3.04. The number of rotatable bonds is 4. The summed E-state index contributed by atoms with van der Waals surface area (Å²) in [5, 5.41) is 0. The van der Waals surface area contributed by atoms with E-state index >= 15 is 0 Å². The van der Waals surface area contributed by atoms with Crippen molar-refractivity contribution in [1.82, 2.24) is 0 Å². The van der Waals surface area contributed by atoms with Gasteiger partial charge in [0.1, 0.15) is 0 Å². The molecule has 13 heavy (non-hydrogen) atoms. The van der Waals surface area contributed by atoms with Gasteiger partial charge in [0, 0.05) is 0 Å². The summed E-state index contributed by atoms with van der Waals surface area (Å²) in [6, 6.07) is 0. The van der Waals surface area contributed by atoms with Crippen molar-refractivity contribution in [2.75, 3.05) is 0 Å². The third-order valence-electron chi connectivity index (χ3n) is 3.72. The van der Waals surface area contributed by atoms with Crippen LogP contribution in [0.15, 0.2) is 0 Å². The van der Waals surface area contributed by atoms with E-state index in [1.807, 2.05) is 0 Å². The average molecular weight is 182 g/mol. The first-order valence-electron chi connectivity index (χ1n) is 6.27. The first-order chi connectivity index (χ1) is 6.27. The average Bonchev–Trinajstić information content (AvgIpc) is 2.10. The van der Waals surface area contributed by atoms with Gasteiger partial charge in [0.05, 0.1) is 0 Å². The van der Waals surface area contributed by atoms with Crippen LogP contribution in [-0.2, 0) is 0 Å². The first-order valence-corrected chi connectivity index (χ1v) is 6.27. The van der Waals surface area contributed by atoms with Crippen molar-refractivity contribution in [3.63, 3.8) is 0 Å². The highest BCUT2D eigenvalue weighted by molar-refractivity contribution is 4.78. The topological polar surface area (TPSA) is 0 Å². The minimum absolute atomic E-state index is 1.00. The van der Waals surface area contributed by atoms with Crippen LogP contribution in [0.4, 0.5) is 0 Å². The van der Waals surface area contributed by atoms with Gasteiger partial charge in [0.25, 0.3) is 0 Å². The molecule has 3 atom stereocenters. The minimum Gasteiger partial charge on any atom is -0.0654 e. The third kappa shape index (κ3) is 3.32. The summed E-state index contributed by atoms with van der Waals surface area (Å²) in [7, 11) is 0. The van der Waals surface area contributed by atoms with Crippen molar-refractivity contribution < 1.29 is 0 Å². The van der Waals surface area contributed by atoms with Crippen molar-refractivity contribution in [3.8, 4) is 0 Å². The molecule has 0 aliphatic heterocycles. The second-order valence-corrected chi connectivity index (χ2v) is 5.02. The Balaban J connectivity index is 2.40. The van der Waals surface area contributed by atoms with Gasteiger partial charge in [-0.25, -0.2) is 0 Å². The molecule has 0 saturated heterocycles. The Hall–Kier alpha value is 0. The maximum Gasteiger partial charge on any atom is -0.0383 e. The van der Waals surface area contributed by atoms with Gasteiger partial charge in [-0.1, -0.05) is 52.9 Å². The molecule has 0 radical (unpaired) electrons. The van der Waals surface area contributed by atoms with E-state index in [0.717, 1.165) is 17.8 Å². The molecule has 0 nitrogen and oxygen atoms in total. The highest BCUT2D eigenvalue weighted by Gasteiger charge is 2.26. The van der Waals surface area contributed by atoms with Crippen LogP contribution in [-0.4, -0.2) is 0 Å². The SMILES string of the molecule is CCCC1CCC(C)CC1CCC. The third-order valence-corrected chi connectivity index (χ3v) is 3.72. The Morgan fingerprint density at radius 2 is 1.54 bits per heavy atom. The van der Waals surface area contributed by atoms with Gasteiger partial charge in [0.15, 0.2) is 0 Å². The summed E-state index contributed by atoms with van der Waals surface area (Å²) < 4.78 is 0. The normalized spacial score (nSPS) is 34.8. The van der Waals surface area contributed by atoms with Crippen LogP contribution in [0, 0.1) is 17.8 Å². The van der Waals surface area contributed by atoms with E-state index in [1.54, 1.807) is 0 Å². The Morgan fingerprint density at radius 3 is 2.15 bits per heavy atom. The minimum atomic E-state index is 1.00. The standard InChI is InChI=1S/C13H26/c1-4-6-12-9-8-11(3)10-13(12)7-5-2/h11-13H,4-10H2,1-3H3. The fraction of sp³-hybridized carbons (Fsp3) is 1.00. The fourth-order valence-electron chi connectivity index (χ4n) is 3.04. The summed E-state index contributed by atoms with van der Waals surface area (Å²) >= 11 is 0. The number of hydrogen-bond acceptors (Lipinski definition) is 0. The quantitative estimate of drug-likeness (QED) is 0.594.